The summed E-state index contributed by atoms with van der Waals surface area (Å²) in [5, 5.41) is 12.2. The van der Waals surface area contributed by atoms with Crippen molar-refractivity contribution in [2.75, 3.05) is 19.8 Å². The van der Waals surface area contributed by atoms with E-state index >= 15 is 0 Å². The Bertz CT molecular complexity index is 1550. The fraction of sp³-hybridized carbons (Fsp3) is 0.851. The number of carbonyl (C=O) groups is 7. The molecule has 2 rings (SSSR count). The van der Waals surface area contributed by atoms with Crippen molar-refractivity contribution in [1.82, 2.24) is 0 Å². The Balaban J connectivity index is 2.95. The molecule has 0 aromatic heterocycles. The maximum Gasteiger partial charge on any atom is 0.306 e. The minimum atomic E-state index is -2.51. The maximum atomic E-state index is 13.7. The summed E-state index contributed by atoms with van der Waals surface area (Å²) in [5.41, 5.74) is 0. The fourth-order valence-corrected chi connectivity index (χ4v) is 6.93. The van der Waals surface area contributed by atoms with E-state index in [1.165, 1.54) is 0 Å². The minimum absolute atomic E-state index is 0.0185. The van der Waals surface area contributed by atoms with Crippen LogP contribution in [0.3, 0.4) is 0 Å². The molecule has 374 valence electrons. The standard InChI is InChI=1S/C47H78O18/c1-25(2)15-34(48)56-22-32-42(60-37(51)18-28(7)8)41(55)44(62-39(53)20-30(11)12)46(59-32)65-47(24-58-36(50)17-27(5)6)45(63-40(54)21-31(13)14)43(61-38(52)19-29(9)10)33(64-47)23-57-35(49)16-26(3)4/h25-33,41-46,55H,15-24H2,1-14H3/t32-,33-,41+,42-,43-,44-,45+,46-,47+/m1/s1. The van der Waals surface area contributed by atoms with Crippen molar-refractivity contribution in [3.05, 3.63) is 0 Å². The van der Waals surface area contributed by atoms with Crippen molar-refractivity contribution in [2.45, 2.75) is 197 Å². The molecule has 0 aromatic rings. The first kappa shape index (κ1) is 57.3. The molecule has 9 atom stereocenters. The van der Waals surface area contributed by atoms with E-state index in [0.717, 1.165) is 0 Å². The molecule has 2 fully saturated rings. The quantitative estimate of drug-likeness (QED) is 0.0799. The number of aliphatic hydroxyl groups is 1. The van der Waals surface area contributed by atoms with E-state index in [1.807, 2.05) is 27.7 Å². The second-order valence-electron chi connectivity index (χ2n) is 20.1. The van der Waals surface area contributed by atoms with Crippen LogP contribution in [0.5, 0.6) is 0 Å². The zero-order valence-electron chi connectivity index (χ0n) is 41.1. The van der Waals surface area contributed by atoms with Gasteiger partial charge in [0.2, 0.25) is 12.1 Å². The number of hydrogen-bond acceptors (Lipinski definition) is 18. The molecular formula is C47H78O18. The molecule has 0 radical (unpaired) electrons. The van der Waals surface area contributed by atoms with Crippen LogP contribution in [0.25, 0.3) is 0 Å². The van der Waals surface area contributed by atoms with Gasteiger partial charge >= 0.3 is 41.8 Å². The van der Waals surface area contributed by atoms with Crippen molar-refractivity contribution in [3.63, 3.8) is 0 Å². The molecule has 0 spiro atoms. The molecule has 0 unspecified atom stereocenters. The summed E-state index contributed by atoms with van der Waals surface area (Å²) >= 11 is 0. The molecule has 2 saturated heterocycles. The highest BCUT2D eigenvalue weighted by atomic mass is 16.8. The summed E-state index contributed by atoms with van der Waals surface area (Å²) in [4.78, 5) is 93.1. The van der Waals surface area contributed by atoms with Crippen LogP contribution in [0.2, 0.25) is 0 Å². The van der Waals surface area contributed by atoms with E-state index in [9.17, 15) is 38.7 Å². The Morgan fingerprint density at radius 1 is 0.446 bits per heavy atom. The third kappa shape index (κ3) is 20.3. The van der Waals surface area contributed by atoms with Crippen LogP contribution < -0.4 is 0 Å². The molecule has 0 saturated carbocycles. The highest BCUT2D eigenvalue weighted by molar-refractivity contribution is 5.73. The molecule has 0 bridgehead atoms. The summed E-state index contributed by atoms with van der Waals surface area (Å²) in [5.74, 6) is -8.68. The van der Waals surface area contributed by atoms with Crippen LogP contribution in [0.15, 0.2) is 0 Å². The van der Waals surface area contributed by atoms with Gasteiger partial charge in [0, 0.05) is 44.9 Å². The predicted octanol–water partition coefficient (Wildman–Crippen LogP) is 5.78. The van der Waals surface area contributed by atoms with Crippen molar-refractivity contribution in [1.29, 1.82) is 0 Å². The molecule has 18 heteroatoms. The Labute approximate surface area is 385 Å². The van der Waals surface area contributed by atoms with Crippen molar-refractivity contribution >= 4 is 41.8 Å². The first-order valence-electron chi connectivity index (χ1n) is 23.2. The second kappa shape index (κ2) is 27.1. The van der Waals surface area contributed by atoms with Crippen LogP contribution >= 0.6 is 0 Å². The van der Waals surface area contributed by atoms with Gasteiger partial charge in [-0.2, -0.15) is 0 Å². The Hall–Kier alpha value is -3.87. The van der Waals surface area contributed by atoms with Crippen molar-refractivity contribution in [2.24, 2.45) is 41.4 Å². The van der Waals surface area contributed by atoms with Crippen LogP contribution in [0.4, 0.5) is 0 Å². The average molecular weight is 931 g/mol. The average Bonchev–Trinajstić information content (AvgIpc) is 3.40. The third-order valence-corrected chi connectivity index (χ3v) is 9.72. The monoisotopic (exact) mass is 931 g/mol. The van der Waals surface area contributed by atoms with Gasteiger partial charge in [-0.05, 0) is 41.4 Å². The number of ether oxygens (including phenoxy) is 10. The fourth-order valence-electron chi connectivity index (χ4n) is 6.93. The number of hydrogen-bond donors (Lipinski definition) is 1. The summed E-state index contributed by atoms with van der Waals surface area (Å²) in [6, 6.07) is 0. The van der Waals surface area contributed by atoms with Gasteiger partial charge in [0.1, 0.15) is 38.1 Å². The first-order valence-corrected chi connectivity index (χ1v) is 23.2. The van der Waals surface area contributed by atoms with E-state index < -0.39 is 116 Å². The molecule has 0 amide bonds. The van der Waals surface area contributed by atoms with Gasteiger partial charge in [-0.25, -0.2) is 0 Å². The summed E-state index contributed by atoms with van der Waals surface area (Å²) < 4.78 is 60.3. The van der Waals surface area contributed by atoms with Crippen LogP contribution in [-0.4, -0.2) is 122 Å². The first-order chi connectivity index (χ1) is 30.2. The molecule has 2 aliphatic rings. The van der Waals surface area contributed by atoms with E-state index in [0.29, 0.717) is 0 Å². The summed E-state index contributed by atoms with van der Waals surface area (Å²) in [7, 11) is 0. The number of rotatable bonds is 26. The molecule has 1 N–H and O–H groups in total. The molecule has 18 nitrogen and oxygen atoms in total. The summed E-state index contributed by atoms with van der Waals surface area (Å²) in [6.45, 7) is 23.0. The smallest absolute Gasteiger partial charge is 0.306 e. The lowest BCUT2D eigenvalue weighted by atomic mass is 9.97. The number of carbonyl (C=O) groups excluding carboxylic acids is 7. The Morgan fingerprint density at radius 3 is 1.20 bits per heavy atom. The Morgan fingerprint density at radius 2 is 0.785 bits per heavy atom. The molecule has 2 aliphatic heterocycles. The number of aliphatic hydroxyl groups excluding tert-OH is 1. The number of esters is 7. The topological polar surface area (TPSA) is 232 Å². The van der Waals surface area contributed by atoms with Gasteiger partial charge in [0.25, 0.3) is 0 Å². The normalized spacial score (nSPS) is 25.6. The van der Waals surface area contributed by atoms with Crippen LogP contribution in [-0.2, 0) is 80.9 Å². The van der Waals surface area contributed by atoms with Crippen LogP contribution in [0, 0.1) is 41.4 Å². The zero-order valence-corrected chi connectivity index (χ0v) is 41.1. The lowest BCUT2D eigenvalue weighted by Crippen LogP contribution is -2.65. The molecule has 0 aromatic carbocycles. The lowest BCUT2D eigenvalue weighted by Gasteiger charge is -2.46. The van der Waals surface area contributed by atoms with Gasteiger partial charge in [-0.15, -0.1) is 0 Å². The molecular weight excluding hydrogens is 852 g/mol. The largest absolute Gasteiger partial charge is 0.463 e. The van der Waals surface area contributed by atoms with E-state index in [4.69, 9.17) is 47.4 Å². The van der Waals surface area contributed by atoms with Gasteiger partial charge in [0.15, 0.2) is 24.4 Å². The Kier molecular flexibility index (Phi) is 23.8. The molecule has 0 aliphatic carbocycles. The lowest BCUT2D eigenvalue weighted by molar-refractivity contribution is -0.384. The minimum Gasteiger partial charge on any atom is -0.463 e. The SMILES string of the molecule is CC(C)CC(=O)OC[C@H]1O[C@@](COC(=O)CC(C)C)(O[C@H]2O[C@H](COC(=O)CC(C)C)[C@@H](OC(=O)CC(C)C)[C@H](O)[C@H]2OC(=O)CC(C)C)[C@@H](OC(=O)CC(C)C)[C@@H]1OC(=O)CC(C)C. The highest BCUT2D eigenvalue weighted by Crippen LogP contribution is 2.42. The van der Waals surface area contributed by atoms with Gasteiger partial charge in [-0.3, -0.25) is 33.6 Å². The second-order valence-corrected chi connectivity index (χ2v) is 20.1. The van der Waals surface area contributed by atoms with Crippen LogP contribution in [0.1, 0.15) is 142 Å². The van der Waals surface area contributed by atoms with Gasteiger partial charge in [-0.1, -0.05) is 96.9 Å². The van der Waals surface area contributed by atoms with Gasteiger partial charge in [0.05, 0.1) is 0 Å². The van der Waals surface area contributed by atoms with E-state index in [2.05, 4.69) is 0 Å². The highest BCUT2D eigenvalue weighted by Gasteiger charge is 2.65. The van der Waals surface area contributed by atoms with Gasteiger partial charge < -0.3 is 52.5 Å². The summed E-state index contributed by atoms with van der Waals surface area (Å²) in [6.07, 6.45) is -14.0. The molecule has 65 heavy (non-hydrogen) atoms. The zero-order chi connectivity index (χ0) is 49.3. The van der Waals surface area contributed by atoms with E-state index in [1.54, 1.807) is 69.2 Å². The van der Waals surface area contributed by atoms with E-state index in [-0.39, 0.29) is 86.4 Å². The third-order valence-electron chi connectivity index (χ3n) is 9.72. The predicted molar refractivity (Wildman–Crippen MR) is 232 cm³/mol. The van der Waals surface area contributed by atoms with Crippen molar-refractivity contribution in [3.8, 4) is 0 Å². The van der Waals surface area contributed by atoms with Crippen molar-refractivity contribution < 1.29 is 86.0 Å². The maximum absolute atomic E-state index is 13.7. The molecule has 2 heterocycles.